The fraction of sp³-hybridized carbons (Fsp3) is 0.455. The summed E-state index contributed by atoms with van der Waals surface area (Å²) in [7, 11) is 2.14. The van der Waals surface area contributed by atoms with Crippen molar-refractivity contribution < 1.29 is 9.53 Å². The molecule has 2 aromatic carbocycles. The topological polar surface area (TPSA) is 88.8 Å². The summed E-state index contributed by atoms with van der Waals surface area (Å²) in [5, 5.41) is 12.2. The van der Waals surface area contributed by atoms with Gasteiger partial charge in [-0.15, -0.1) is 0 Å². The van der Waals surface area contributed by atoms with Crippen molar-refractivity contribution >= 4 is 22.5 Å². The van der Waals surface area contributed by atoms with Gasteiger partial charge in [0.25, 0.3) is 0 Å². The summed E-state index contributed by atoms with van der Waals surface area (Å²) < 4.78 is 6.45. The average Bonchev–Trinajstić information content (AvgIpc) is 3.61. The van der Waals surface area contributed by atoms with Crippen LogP contribution in [0.5, 0.6) is 6.01 Å². The lowest BCUT2D eigenvalue weighted by molar-refractivity contribution is -0.128. The first kappa shape index (κ1) is 26.9. The summed E-state index contributed by atoms with van der Waals surface area (Å²) >= 11 is 0. The van der Waals surface area contributed by atoms with E-state index < -0.39 is 0 Å². The fourth-order valence-corrected chi connectivity index (χ4v) is 7.30. The quantitative estimate of drug-likeness (QED) is 0.418. The molecule has 9 nitrogen and oxygen atoms in total. The van der Waals surface area contributed by atoms with E-state index >= 15 is 0 Å². The number of piperidine rings is 1. The number of hydrogen-bond donors (Lipinski definition) is 0. The lowest BCUT2D eigenvalue weighted by Gasteiger charge is -2.41. The van der Waals surface area contributed by atoms with E-state index in [4.69, 9.17) is 14.7 Å². The molecule has 1 aromatic heterocycles. The third kappa shape index (κ3) is 4.79. The number of nitrogens with zero attached hydrogens (tertiary/aromatic N) is 7. The fourth-order valence-electron chi connectivity index (χ4n) is 7.30. The smallest absolute Gasteiger partial charge is 0.318 e. The number of likely N-dealkylation sites (tertiary alicyclic amines) is 1. The summed E-state index contributed by atoms with van der Waals surface area (Å²) in [5.74, 6) is 0.753. The molecule has 0 radical (unpaired) electrons. The van der Waals surface area contributed by atoms with Gasteiger partial charge in [0.15, 0.2) is 0 Å². The molecule has 0 spiro atoms. The minimum atomic E-state index is -0.224. The van der Waals surface area contributed by atoms with Crippen LogP contribution in [0.3, 0.4) is 0 Å². The Bertz CT molecular complexity index is 1570. The van der Waals surface area contributed by atoms with Crippen LogP contribution in [0.25, 0.3) is 10.8 Å². The number of amides is 1. The van der Waals surface area contributed by atoms with Crippen molar-refractivity contribution in [1.29, 1.82) is 5.26 Å². The number of rotatable bonds is 6. The maximum atomic E-state index is 12.6. The highest BCUT2D eigenvalue weighted by molar-refractivity contribution is 5.91. The standard InChI is InChI=1S/C33H37N7O2/c1-3-30(41)40-17-16-38(19-24(40)10-13-34)32-27-20-39(29-18-23-8-4-6-22-7-5-9-26(29)31(22)23)21-28(27)35-33(36-32)42-25-11-14-37(2)15-12-25/h3-9,24-25,29H,1,10-12,14-21H2,2H3/t24-,29-/m0/s1. The van der Waals surface area contributed by atoms with Crippen molar-refractivity contribution in [2.75, 3.05) is 44.7 Å². The molecule has 216 valence electrons. The van der Waals surface area contributed by atoms with Gasteiger partial charge in [0.1, 0.15) is 11.9 Å². The predicted molar refractivity (Wildman–Crippen MR) is 161 cm³/mol. The van der Waals surface area contributed by atoms with Gasteiger partial charge in [-0.3, -0.25) is 9.69 Å². The molecule has 0 unspecified atom stereocenters. The Morgan fingerprint density at radius 2 is 1.93 bits per heavy atom. The first-order valence-electron chi connectivity index (χ1n) is 15.1. The van der Waals surface area contributed by atoms with Crippen molar-refractivity contribution in [3.8, 4) is 12.1 Å². The van der Waals surface area contributed by atoms with E-state index in [2.05, 4.69) is 70.8 Å². The molecular formula is C33H37N7O2. The van der Waals surface area contributed by atoms with E-state index in [1.165, 1.54) is 28.0 Å². The number of carbonyl (C=O) groups excluding carboxylic acids is 1. The predicted octanol–water partition coefficient (Wildman–Crippen LogP) is 3.83. The van der Waals surface area contributed by atoms with Gasteiger partial charge < -0.3 is 19.4 Å². The monoisotopic (exact) mass is 563 g/mol. The summed E-state index contributed by atoms with van der Waals surface area (Å²) in [6.45, 7) is 8.85. The van der Waals surface area contributed by atoms with Crippen LogP contribution in [0.4, 0.5) is 5.82 Å². The first-order chi connectivity index (χ1) is 20.5. The van der Waals surface area contributed by atoms with Crippen LogP contribution in [0, 0.1) is 11.3 Å². The Balaban J connectivity index is 1.21. The van der Waals surface area contributed by atoms with Gasteiger partial charge in [-0.05, 0) is 54.3 Å². The zero-order valence-corrected chi connectivity index (χ0v) is 24.2. The third-order valence-corrected chi connectivity index (χ3v) is 9.51. The van der Waals surface area contributed by atoms with Crippen molar-refractivity contribution in [2.24, 2.45) is 0 Å². The van der Waals surface area contributed by atoms with Crippen LogP contribution in [0.1, 0.15) is 47.7 Å². The van der Waals surface area contributed by atoms with Crippen molar-refractivity contribution in [1.82, 2.24) is 24.7 Å². The highest BCUT2D eigenvalue weighted by Crippen LogP contribution is 2.44. The van der Waals surface area contributed by atoms with E-state index in [0.29, 0.717) is 25.6 Å². The minimum absolute atomic E-state index is 0.0972. The highest BCUT2D eigenvalue weighted by Gasteiger charge is 2.38. The number of hydrogen-bond acceptors (Lipinski definition) is 8. The van der Waals surface area contributed by atoms with Gasteiger partial charge >= 0.3 is 6.01 Å². The Hall–Kier alpha value is -4.00. The Morgan fingerprint density at radius 3 is 2.71 bits per heavy atom. The highest BCUT2D eigenvalue weighted by atomic mass is 16.5. The number of benzene rings is 2. The molecule has 4 aliphatic rings. The maximum Gasteiger partial charge on any atom is 0.318 e. The van der Waals surface area contributed by atoms with Crippen LogP contribution in [-0.4, -0.2) is 82.5 Å². The Morgan fingerprint density at radius 1 is 1.12 bits per heavy atom. The number of ether oxygens (including phenoxy) is 1. The van der Waals surface area contributed by atoms with Crippen LogP contribution in [-0.2, 0) is 24.3 Å². The van der Waals surface area contributed by atoms with E-state index in [0.717, 1.165) is 62.5 Å². The van der Waals surface area contributed by atoms with Crippen LogP contribution in [0.2, 0.25) is 0 Å². The summed E-state index contributed by atoms with van der Waals surface area (Å²) in [6, 6.07) is 16.0. The number of fused-ring (bicyclic) bond motifs is 1. The molecule has 42 heavy (non-hydrogen) atoms. The second-order valence-electron chi connectivity index (χ2n) is 12.1. The molecule has 1 aliphatic carbocycles. The molecule has 0 bridgehead atoms. The molecule has 9 heteroatoms. The average molecular weight is 564 g/mol. The second-order valence-corrected chi connectivity index (χ2v) is 12.1. The molecule has 0 N–H and O–H groups in total. The zero-order chi connectivity index (χ0) is 28.8. The number of anilines is 1. The normalized spacial score (nSPS) is 22.8. The molecule has 0 saturated carbocycles. The Labute approximate surface area is 247 Å². The molecule has 3 aliphatic heterocycles. The lowest BCUT2D eigenvalue weighted by Crippen LogP contribution is -2.55. The summed E-state index contributed by atoms with van der Waals surface area (Å²) in [6.07, 6.45) is 4.59. The molecule has 2 saturated heterocycles. The van der Waals surface area contributed by atoms with Gasteiger partial charge in [0.05, 0.1) is 24.2 Å². The Kier molecular flexibility index (Phi) is 7.04. The third-order valence-electron chi connectivity index (χ3n) is 9.51. The summed E-state index contributed by atoms with van der Waals surface area (Å²) in [5.41, 5.74) is 4.95. The second kappa shape index (κ2) is 11.0. The molecule has 7 rings (SSSR count). The maximum absolute atomic E-state index is 12.6. The van der Waals surface area contributed by atoms with Crippen LogP contribution < -0.4 is 9.64 Å². The SMILES string of the molecule is C=CC(=O)N1CCN(c2nc(OC3CCN(C)CC3)nc3c2CN([C@H]2Cc4cccc5cccc2c45)C3)C[C@@H]1CC#N. The molecule has 1 amide bonds. The minimum Gasteiger partial charge on any atom is -0.460 e. The number of carbonyl (C=O) groups is 1. The van der Waals surface area contributed by atoms with Crippen molar-refractivity contribution in [2.45, 2.75) is 57.0 Å². The van der Waals surface area contributed by atoms with Crippen molar-refractivity contribution in [3.63, 3.8) is 0 Å². The van der Waals surface area contributed by atoms with E-state index in [1.807, 2.05) is 0 Å². The lowest BCUT2D eigenvalue weighted by atomic mass is 10.0. The first-order valence-corrected chi connectivity index (χ1v) is 15.1. The van der Waals surface area contributed by atoms with E-state index in [-0.39, 0.29) is 30.5 Å². The molecule has 3 aromatic rings. The molecule has 4 heterocycles. The molecular weight excluding hydrogens is 526 g/mol. The largest absolute Gasteiger partial charge is 0.460 e. The summed E-state index contributed by atoms with van der Waals surface area (Å²) in [4.78, 5) is 31.5. The zero-order valence-electron chi connectivity index (χ0n) is 24.2. The van der Waals surface area contributed by atoms with Gasteiger partial charge in [0.2, 0.25) is 5.91 Å². The molecule has 2 atom stereocenters. The van der Waals surface area contributed by atoms with Gasteiger partial charge in [-0.25, -0.2) is 0 Å². The van der Waals surface area contributed by atoms with Crippen molar-refractivity contribution in [3.05, 3.63) is 71.4 Å². The number of aromatic nitrogens is 2. The number of piperazine rings is 1. The van der Waals surface area contributed by atoms with Gasteiger partial charge in [-0.1, -0.05) is 43.0 Å². The number of nitriles is 1. The molecule has 2 fully saturated rings. The van der Waals surface area contributed by atoms with Gasteiger partial charge in [0, 0.05) is 57.4 Å². The van der Waals surface area contributed by atoms with E-state index in [9.17, 15) is 10.1 Å². The van der Waals surface area contributed by atoms with Gasteiger partial charge in [-0.2, -0.15) is 15.2 Å². The van der Waals surface area contributed by atoms with E-state index in [1.54, 1.807) is 4.90 Å². The van der Waals surface area contributed by atoms with Crippen LogP contribution >= 0.6 is 0 Å². The van der Waals surface area contributed by atoms with Crippen LogP contribution in [0.15, 0.2) is 49.1 Å².